The van der Waals surface area contributed by atoms with Crippen LogP contribution in [-0.2, 0) is 18.8 Å². The van der Waals surface area contributed by atoms with Crippen molar-refractivity contribution in [2.45, 2.75) is 30.7 Å². The molecule has 0 bridgehead atoms. The van der Waals surface area contributed by atoms with Gasteiger partial charge in [0.25, 0.3) is 0 Å². The molecule has 0 unspecified atom stereocenters. The number of hydrogen-bond donors (Lipinski definition) is 1. The lowest BCUT2D eigenvalue weighted by Crippen LogP contribution is -2.13. The number of benzene rings is 2. The molecule has 5 rings (SSSR count). The van der Waals surface area contributed by atoms with E-state index in [0.717, 1.165) is 22.4 Å². The monoisotopic (exact) mass is 475 g/mol. The van der Waals surface area contributed by atoms with Crippen LogP contribution in [0.15, 0.2) is 59.8 Å². The van der Waals surface area contributed by atoms with Crippen LogP contribution in [0.1, 0.15) is 27.9 Å². The maximum absolute atomic E-state index is 14.3. The summed E-state index contributed by atoms with van der Waals surface area (Å²) in [4.78, 5) is 13.9. The Balaban J connectivity index is 1.61. The molecular weight excluding hydrogens is 453 g/mol. The summed E-state index contributed by atoms with van der Waals surface area (Å²) in [7, 11) is 1.61. The Morgan fingerprint density at radius 2 is 1.94 bits per heavy atom. The third-order valence-electron chi connectivity index (χ3n) is 5.71. The first-order valence-corrected chi connectivity index (χ1v) is 11.7. The van der Waals surface area contributed by atoms with Gasteiger partial charge in [-0.05, 0) is 30.7 Å². The number of nitrogens with zero attached hydrogens (tertiary/aromatic N) is 3. The van der Waals surface area contributed by atoms with Gasteiger partial charge in [-0.2, -0.15) is 4.98 Å². The third-order valence-corrected chi connectivity index (χ3v) is 6.77. The molecule has 8 heteroatoms. The number of pyridine rings is 1. The minimum Gasteiger partial charge on any atom is -0.497 e. The van der Waals surface area contributed by atoms with Gasteiger partial charge in [-0.3, -0.25) is 4.98 Å². The zero-order valence-corrected chi connectivity index (χ0v) is 19.5. The van der Waals surface area contributed by atoms with Gasteiger partial charge in [0.15, 0.2) is 11.6 Å². The lowest BCUT2D eigenvalue weighted by molar-refractivity contribution is 0.278. The van der Waals surface area contributed by atoms with Gasteiger partial charge in [-0.15, -0.1) is 11.8 Å². The predicted molar refractivity (Wildman–Crippen MR) is 128 cm³/mol. The first-order valence-electron chi connectivity index (χ1n) is 10.7. The van der Waals surface area contributed by atoms with E-state index in [2.05, 4.69) is 4.98 Å². The standard InChI is InChI=1S/C26H22FN3O3S/c1-15-23-20(18(13-31)12-28-15)11-21-25(33-23)29-24(16-7-5-8-19(10-16)32-2)30-26(21)34-14-17-6-3-4-9-22(17)27/h3-10,12,31H,11,13-14H2,1-2H3. The number of aliphatic hydroxyl groups is 1. The topological polar surface area (TPSA) is 77.4 Å². The van der Waals surface area contributed by atoms with Crippen molar-refractivity contribution in [3.8, 4) is 28.8 Å². The summed E-state index contributed by atoms with van der Waals surface area (Å²) in [5, 5.41) is 10.5. The number of methoxy groups -OCH3 is 1. The molecule has 0 fully saturated rings. The molecule has 0 aliphatic carbocycles. The van der Waals surface area contributed by atoms with Gasteiger partial charge >= 0.3 is 0 Å². The average Bonchev–Trinajstić information content (AvgIpc) is 2.87. The molecule has 1 aliphatic heterocycles. The SMILES string of the molecule is COc1cccc(-c2nc3c(c(SCc4ccccc4F)n2)Cc2c(CO)cnc(C)c2O3)c1. The molecule has 0 radical (unpaired) electrons. The minimum absolute atomic E-state index is 0.144. The van der Waals surface area contributed by atoms with Gasteiger partial charge in [0.05, 0.1) is 25.0 Å². The van der Waals surface area contributed by atoms with E-state index in [1.54, 1.807) is 25.4 Å². The van der Waals surface area contributed by atoms with Gasteiger partial charge in [0, 0.05) is 35.1 Å². The summed E-state index contributed by atoms with van der Waals surface area (Å²) >= 11 is 1.43. The van der Waals surface area contributed by atoms with Crippen molar-refractivity contribution in [3.63, 3.8) is 0 Å². The molecule has 0 saturated carbocycles. The van der Waals surface area contributed by atoms with E-state index >= 15 is 0 Å². The van der Waals surface area contributed by atoms with Crippen molar-refractivity contribution in [2.75, 3.05) is 7.11 Å². The van der Waals surface area contributed by atoms with Crippen molar-refractivity contribution in [1.29, 1.82) is 0 Å². The number of aryl methyl sites for hydroxylation is 1. The maximum Gasteiger partial charge on any atom is 0.227 e. The lowest BCUT2D eigenvalue weighted by atomic mass is 9.99. The van der Waals surface area contributed by atoms with E-state index in [1.807, 2.05) is 37.3 Å². The maximum atomic E-state index is 14.3. The quantitative estimate of drug-likeness (QED) is 0.258. The largest absolute Gasteiger partial charge is 0.497 e. The second kappa shape index (κ2) is 9.40. The van der Waals surface area contributed by atoms with E-state index in [9.17, 15) is 9.50 Å². The van der Waals surface area contributed by atoms with Crippen LogP contribution in [0.25, 0.3) is 11.4 Å². The number of aromatic nitrogens is 3. The predicted octanol–water partition coefficient (Wildman–Crippen LogP) is 5.48. The first kappa shape index (κ1) is 22.3. The van der Waals surface area contributed by atoms with Gasteiger partial charge in [-0.25, -0.2) is 9.37 Å². The van der Waals surface area contributed by atoms with Gasteiger partial charge in [0.1, 0.15) is 16.6 Å². The Morgan fingerprint density at radius 1 is 1.09 bits per heavy atom. The van der Waals surface area contributed by atoms with Crippen LogP contribution in [0.2, 0.25) is 0 Å². The molecule has 3 heterocycles. The lowest BCUT2D eigenvalue weighted by Gasteiger charge is -2.24. The van der Waals surface area contributed by atoms with E-state index < -0.39 is 0 Å². The number of ether oxygens (including phenoxy) is 2. The van der Waals surface area contributed by atoms with Gasteiger partial charge < -0.3 is 14.6 Å². The molecule has 4 aromatic rings. The zero-order chi connectivity index (χ0) is 23.7. The molecule has 2 aromatic heterocycles. The van der Waals surface area contributed by atoms with Crippen LogP contribution >= 0.6 is 11.8 Å². The molecule has 34 heavy (non-hydrogen) atoms. The number of thioether (sulfide) groups is 1. The Kier molecular flexibility index (Phi) is 6.17. The van der Waals surface area contributed by atoms with Crippen molar-refractivity contribution < 1.29 is 19.0 Å². The van der Waals surface area contributed by atoms with E-state index in [0.29, 0.717) is 51.5 Å². The molecule has 2 aromatic carbocycles. The van der Waals surface area contributed by atoms with Crippen LogP contribution in [0, 0.1) is 12.7 Å². The Labute approximate surface area is 200 Å². The third kappa shape index (κ3) is 4.22. The summed E-state index contributed by atoms with van der Waals surface area (Å²) in [6.07, 6.45) is 2.15. The highest BCUT2D eigenvalue weighted by atomic mass is 32.2. The number of rotatable bonds is 6. The van der Waals surface area contributed by atoms with Crippen LogP contribution in [0.4, 0.5) is 4.39 Å². The Morgan fingerprint density at radius 3 is 2.74 bits per heavy atom. The molecule has 1 aliphatic rings. The second-order valence-corrected chi connectivity index (χ2v) is 8.83. The first-order chi connectivity index (χ1) is 16.6. The fourth-order valence-electron chi connectivity index (χ4n) is 3.87. The Bertz CT molecular complexity index is 1380. The van der Waals surface area contributed by atoms with Crippen molar-refractivity contribution in [1.82, 2.24) is 15.0 Å². The summed E-state index contributed by atoms with van der Waals surface area (Å²) in [6, 6.07) is 14.2. The number of fused-ring (bicyclic) bond motifs is 2. The number of aliphatic hydroxyl groups excluding tert-OH is 1. The Hall–Kier alpha value is -3.49. The van der Waals surface area contributed by atoms with Crippen LogP contribution in [0.3, 0.4) is 0 Å². The van der Waals surface area contributed by atoms with Gasteiger partial charge in [-0.1, -0.05) is 30.3 Å². The fraction of sp³-hybridized carbons (Fsp3) is 0.192. The normalized spacial score (nSPS) is 12.0. The highest BCUT2D eigenvalue weighted by molar-refractivity contribution is 7.98. The number of hydrogen-bond acceptors (Lipinski definition) is 7. The smallest absolute Gasteiger partial charge is 0.227 e. The van der Waals surface area contributed by atoms with Gasteiger partial charge in [0.2, 0.25) is 5.88 Å². The highest BCUT2D eigenvalue weighted by Gasteiger charge is 2.28. The van der Waals surface area contributed by atoms with E-state index in [4.69, 9.17) is 19.4 Å². The molecule has 0 atom stereocenters. The molecule has 0 amide bonds. The van der Waals surface area contributed by atoms with Crippen molar-refractivity contribution in [2.24, 2.45) is 0 Å². The molecule has 6 nitrogen and oxygen atoms in total. The van der Waals surface area contributed by atoms with Crippen molar-refractivity contribution in [3.05, 3.63) is 88.5 Å². The van der Waals surface area contributed by atoms with E-state index in [-0.39, 0.29) is 12.4 Å². The van der Waals surface area contributed by atoms with Crippen LogP contribution < -0.4 is 9.47 Å². The van der Waals surface area contributed by atoms with E-state index in [1.165, 1.54) is 17.8 Å². The zero-order valence-electron chi connectivity index (χ0n) is 18.7. The number of halogens is 1. The second-order valence-electron chi connectivity index (χ2n) is 7.86. The summed E-state index contributed by atoms with van der Waals surface area (Å²) in [6.45, 7) is 1.72. The fourth-order valence-corrected chi connectivity index (χ4v) is 4.88. The summed E-state index contributed by atoms with van der Waals surface area (Å²) in [5.74, 6) is 2.38. The van der Waals surface area contributed by atoms with Crippen molar-refractivity contribution >= 4 is 11.8 Å². The average molecular weight is 476 g/mol. The van der Waals surface area contributed by atoms with Crippen LogP contribution in [-0.4, -0.2) is 27.2 Å². The molecule has 172 valence electrons. The molecule has 0 saturated heterocycles. The minimum atomic E-state index is -0.253. The highest BCUT2D eigenvalue weighted by Crippen LogP contribution is 2.43. The van der Waals surface area contributed by atoms with Crippen LogP contribution in [0.5, 0.6) is 17.4 Å². The molecular formula is C26H22FN3O3S. The summed E-state index contributed by atoms with van der Waals surface area (Å²) < 4.78 is 25.9. The molecule has 0 spiro atoms. The molecule has 1 N–H and O–H groups in total. The summed E-state index contributed by atoms with van der Waals surface area (Å²) in [5.41, 5.74) is 4.47.